The normalized spacial score (nSPS) is 10.8. The molecular formula is C12H8N2O2S. The Morgan fingerprint density at radius 1 is 1.06 bits per heavy atom. The zero-order valence-corrected chi connectivity index (χ0v) is 9.55. The van der Waals surface area contributed by atoms with E-state index >= 15 is 0 Å². The lowest BCUT2D eigenvalue weighted by molar-refractivity contribution is 0.592. The average molecular weight is 244 g/mol. The number of hydrogen-bond donors (Lipinski definition) is 0. The molecule has 2 aromatic rings. The van der Waals surface area contributed by atoms with E-state index in [0.717, 1.165) is 0 Å². The quantitative estimate of drug-likeness (QED) is 0.807. The van der Waals surface area contributed by atoms with E-state index < -0.39 is 9.84 Å². The van der Waals surface area contributed by atoms with Crippen molar-refractivity contribution in [1.29, 1.82) is 5.26 Å². The van der Waals surface area contributed by atoms with E-state index in [2.05, 4.69) is 4.98 Å². The van der Waals surface area contributed by atoms with Crippen LogP contribution in [-0.4, -0.2) is 13.4 Å². The molecule has 0 amide bonds. The molecule has 1 aromatic carbocycles. The van der Waals surface area contributed by atoms with Crippen molar-refractivity contribution in [1.82, 2.24) is 4.98 Å². The molecule has 0 N–H and O–H groups in total. The molecule has 1 heterocycles. The fraction of sp³-hybridized carbons (Fsp3) is 0. The van der Waals surface area contributed by atoms with E-state index in [9.17, 15) is 8.42 Å². The molecule has 17 heavy (non-hydrogen) atoms. The summed E-state index contributed by atoms with van der Waals surface area (Å²) >= 11 is 0. The van der Waals surface area contributed by atoms with Crippen molar-refractivity contribution in [2.45, 2.75) is 9.92 Å². The highest BCUT2D eigenvalue weighted by molar-refractivity contribution is 7.91. The van der Waals surface area contributed by atoms with Crippen molar-refractivity contribution < 1.29 is 8.42 Å². The third-order valence-electron chi connectivity index (χ3n) is 2.19. The standard InChI is InChI=1S/C12H8N2O2S/c13-8-10-6-7-12(14-9-10)17(15,16)11-4-2-1-3-5-11/h1-7,9H. The predicted molar refractivity (Wildman–Crippen MR) is 60.8 cm³/mol. The number of nitrogens with zero attached hydrogens (tertiary/aromatic N) is 2. The first kappa shape index (κ1) is 11.3. The van der Waals surface area contributed by atoms with Gasteiger partial charge in [0, 0.05) is 6.20 Å². The number of rotatable bonds is 2. The summed E-state index contributed by atoms with van der Waals surface area (Å²) in [6.07, 6.45) is 1.25. The van der Waals surface area contributed by atoms with E-state index in [1.165, 1.54) is 30.5 Å². The SMILES string of the molecule is N#Cc1ccc(S(=O)(=O)c2ccccc2)nc1. The Balaban J connectivity index is 2.50. The van der Waals surface area contributed by atoms with Gasteiger partial charge in [-0.05, 0) is 24.3 Å². The zero-order valence-electron chi connectivity index (χ0n) is 8.74. The molecule has 4 nitrogen and oxygen atoms in total. The minimum atomic E-state index is -3.58. The summed E-state index contributed by atoms with van der Waals surface area (Å²) in [4.78, 5) is 3.98. The van der Waals surface area contributed by atoms with Crippen LogP contribution < -0.4 is 0 Å². The van der Waals surface area contributed by atoms with E-state index in [-0.39, 0.29) is 9.92 Å². The van der Waals surface area contributed by atoms with Crippen LogP contribution in [0.25, 0.3) is 0 Å². The largest absolute Gasteiger partial charge is 0.243 e. The second kappa shape index (κ2) is 4.36. The van der Waals surface area contributed by atoms with Crippen molar-refractivity contribution in [2.24, 2.45) is 0 Å². The van der Waals surface area contributed by atoms with Crippen LogP contribution in [0.1, 0.15) is 5.56 Å². The summed E-state index contributed by atoms with van der Waals surface area (Å²) < 4.78 is 24.2. The second-order valence-electron chi connectivity index (χ2n) is 3.31. The first-order valence-corrected chi connectivity index (χ1v) is 6.29. The van der Waals surface area contributed by atoms with Gasteiger partial charge < -0.3 is 0 Å². The van der Waals surface area contributed by atoms with Gasteiger partial charge in [-0.1, -0.05) is 18.2 Å². The van der Waals surface area contributed by atoms with Crippen LogP contribution in [0.2, 0.25) is 0 Å². The Morgan fingerprint density at radius 3 is 2.29 bits per heavy atom. The van der Waals surface area contributed by atoms with Crippen LogP contribution >= 0.6 is 0 Å². The van der Waals surface area contributed by atoms with Crippen LogP contribution in [0, 0.1) is 11.3 Å². The van der Waals surface area contributed by atoms with Gasteiger partial charge in [0.25, 0.3) is 0 Å². The maximum Gasteiger partial charge on any atom is 0.223 e. The lowest BCUT2D eigenvalue weighted by Crippen LogP contribution is -2.04. The van der Waals surface area contributed by atoms with E-state index in [4.69, 9.17) is 5.26 Å². The summed E-state index contributed by atoms with van der Waals surface area (Å²) in [5.74, 6) is 0. The Hall–Kier alpha value is -2.19. The molecule has 0 aliphatic rings. The zero-order chi connectivity index (χ0) is 12.3. The van der Waals surface area contributed by atoms with Gasteiger partial charge in [-0.3, -0.25) is 0 Å². The lowest BCUT2D eigenvalue weighted by atomic mass is 10.3. The molecule has 84 valence electrons. The summed E-state index contributed by atoms with van der Waals surface area (Å²) in [7, 11) is -3.58. The number of benzene rings is 1. The van der Waals surface area contributed by atoms with Crippen LogP contribution in [0.4, 0.5) is 0 Å². The highest BCUT2D eigenvalue weighted by atomic mass is 32.2. The van der Waals surface area contributed by atoms with E-state index in [0.29, 0.717) is 5.56 Å². The Labute approximate surface area is 99.1 Å². The molecule has 2 rings (SSSR count). The van der Waals surface area contributed by atoms with Gasteiger partial charge >= 0.3 is 0 Å². The first-order chi connectivity index (χ1) is 8.14. The van der Waals surface area contributed by atoms with Crippen molar-refractivity contribution >= 4 is 9.84 Å². The minimum absolute atomic E-state index is 0.0531. The average Bonchev–Trinajstić information content (AvgIpc) is 2.40. The number of sulfone groups is 1. The molecule has 5 heteroatoms. The molecule has 0 bridgehead atoms. The van der Waals surface area contributed by atoms with Crippen LogP contribution in [0.5, 0.6) is 0 Å². The van der Waals surface area contributed by atoms with Gasteiger partial charge in [-0.25, -0.2) is 13.4 Å². The summed E-state index contributed by atoms with van der Waals surface area (Å²) in [5, 5.41) is 8.56. The molecule has 0 saturated carbocycles. The molecule has 0 unspecified atom stereocenters. The Bertz CT molecular complexity index is 656. The highest BCUT2D eigenvalue weighted by Gasteiger charge is 2.18. The van der Waals surface area contributed by atoms with Gasteiger partial charge in [0.2, 0.25) is 9.84 Å². The van der Waals surface area contributed by atoms with Crippen LogP contribution in [0.3, 0.4) is 0 Å². The van der Waals surface area contributed by atoms with Gasteiger partial charge in [-0.15, -0.1) is 0 Å². The van der Waals surface area contributed by atoms with Gasteiger partial charge in [0.05, 0.1) is 10.5 Å². The van der Waals surface area contributed by atoms with Gasteiger partial charge in [-0.2, -0.15) is 5.26 Å². The minimum Gasteiger partial charge on any atom is -0.243 e. The molecule has 0 fully saturated rings. The van der Waals surface area contributed by atoms with Gasteiger partial charge in [0.1, 0.15) is 6.07 Å². The molecule has 0 saturated heterocycles. The van der Waals surface area contributed by atoms with Crippen LogP contribution in [0.15, 0.2) is 58.6 Å². The molecule has 0 aliphatic heterocycles. The number of hydrogen-bond acceptors (Lipinski definition) is 4. The van der Waals surface area contributed by atoms with Gasteiger partial charge in [0.15, 0.2) is 5.03 Å². The summed E-state index contributed by atoms with van der Waals surface area (Å²) in [5.41, 5.74) is 0.331. The Kier molecular flexibility index (Phi) is 2.90. The summed E-state index contributed by atoms with van der Waals surface area (Å²) in [6, 6.07) is 12.7. The summed E-state index contributed by atoms with van der Waals surface area (Å²) in [6.45, 7) is 0. The van der Waals surface area contributed by atoms with Crippen molar-refractivity contribution in [3.05, 3.63) is 54.2 Å². The maximum atomic E-state index is 12.1. The van der Waals surface area contributed by atoms with E-state index in [1.54, 1.807) is 18.2 Å². The number of pyridine rings is 1. The number of nitriles is 1. The molecule has 0 spiro atoms. The van der Waals surface area contributed by atoms with Crippen molar-refractivity contribution in [3.63, 3.8) is 0 Å². The molecular weight excluding hydrogens is 236 g/mol. The topological polar surface area (TPSA) is 70.8 Å². The fourth-order valence-electron chi connectivity index (χ4n) is 1.33. The predicted octanol–water partition coefficient (Wildman–Crippen LogP) is 1.79. The van der Waals surface area contributed by atoms with Crippen molar-refractivity contribution in [3.8, 4) is 6.07 Å². The molecule has 0 atom stereocenters. The molecule has 0 radical (unpaired) electrons. The van der Waals surface area contributed by atoms with Crippen molar-refractivity contribution in [2.75, 3.05) is 0 Å². The lowest BCUT2D eigenvalue weighted by Gasteiger charge is -2.02. The fourth-order valence-corrected chi connectivity index (χ4v) is 2.52. The third-order valence-corrected chi connectivity index (χ3v) is 3.88. The van der Waals surface area contributed by atoms with Crippen LogP contribution in [-0.2, 0) is 9.84 Å². The maximum absolute atomic E-state index is 12.1. The smallest absolute Gasteiger partial charge is 0.223 e. The van der Waals surface area contributed by atoms with E-state index in [1.807, 2.05) is 6.07 Å². The number of aromatic nitrogens is 1. The monoisotopic (exact) mass is 244 g/mol. The molecule has 1 aromatic heterocycles. The second-order valence-corrected chi connectivity index (χ2v) is 5.21. The highest BCUT2D eigenvalue weighted by Crippen LogP contribution is 2.18. The Morgan fingerprint density at radius 2 is 1.76 bits per heavy atom. The molecule has 0 aliphatic carbocycles. The third kappa shape index (κ3) is 2.17. The first-order valence-electron chi connectivity index (χ1n) is 4.81.